The molecule has 1 heterocycles. The third kappa shape index (κ3) is 5.59. The normalized spacial score (nSPS) is 16.0. The van der Waals surface area contributed by atoms with Gasteiger partial charge in [0.25, 0.3) is 0 Å². The number of piperidine rings is 1. The molecule has 142 valence electrons. The Kier molecular flexibility index (Phi) is 6.96. The number of halogens is 1. The average molecular weight is 447 g/mol. The fraction of sp³-hybridized carbons (Fsp3) is 0.333. The maximum absolute atomic E-state index is 12.7. The van der Waals surface area contributed by atoms with Crippen LogP contribution < -0.4 is 5.32 Å². The molecule has 0 radical (unpaired) electrons. The Morgan fingerprint density at radius 2 is 1.70 bits per heavy atom. The molecule has 0 spiro atoms. The van der Waals surface area contributed by atoms with Gasteiger partial charge < -0.3 is 10.2 Å². The summed E-state index contributed by atoms with van der Waals surface area (Å²) in [6, 6.07) is 17.5. The first-order valence-electron chi connectivity index (χ1n) is 9.10. The highest BCUT2D eigenvalue weighted by Crippen LogP contribution is 2.27. The van der Waals surface area contributed by atoms with Crippen molar-refractivity contribution in [3.05, 3.63) is 59.1 Å². The molecule has 1 aliphatic heterocycles. The number of anilines is 1. The van der Waals surface area contributed by atoms with Crippen LogP contribution in [0.5, 0.6) is 0 Å². The zero-order valence-electron chi connectivity index (χ0n) is 15.2. The fourth-order valence-corrected chi connectivity index (χ4v) is 4.37. The molecule has 0 bridgehead atoms. The first kappa shape index (κ1) is 20.0. The Labute approximate surface area is 172 Å². The van der Waals surface area contributed by atoms with E-state index < -0.39 is 0 Å². The number of carbonyl (C=O) groups is 2. The smallest absolute Gasteiger partial charge is 0.235 e. The van der Waals surface area contributed by atoms with E-state index in [9.17, 15) is 9.59 Å². The molecule has 6 heteroatoms. The number of hydrogen-bond donors (Lipinski definition) is 1. The van der Waals surface area contributed by atoms with Gasteiger partial charge in [0, 0.05) is 34.1 Å². The number of carbonyl (C=O) groups excluding carboxylic acids is 2. The molecule has 3 rings (SSSR count). The van der Waals surface area contributed by atoms with Crippen LogP contribution in [0.25, 0.3) is 0 Å². The van der Waals surface area contributed by atoms with Gasteiger partial charge in [-0.25, -0.2) is 0 Å². The van der Waals surface area contributed by atoms with E-state index in [0.29, 0.717) is 25.9 Å². The van der Waals surface area contributed by atoms with Crippen molar-refractivity contribution >= 4 is 45.2 Å². The van der Waals surface area contributed by atoms with Crippen LogP contribution in [0.3, 0.4) is 0 Å². The summed E-state index contributed by atoms with van der Waals surface area (Å²) < 4.78 is 1.03. The SMILES string of the molecule is CC(Sc1ccc(Br)cc1)C(=O)N1CCC(C(=O)Nc2ccccc2)CC1. The van der Waals surface area contributed by atoms with E-state index in [2.05, 4.69) is 21.2 Å². The van der Waals surface area contributed by atoms with Crippen LogP contribution in [0.2, 0.25) is 0 Å². The van der Waals surface area contributed by atoms with Crippen LogP contribution >= 0.6 is 27.7 Å². The Morgan fingerprint density at radius 3 is 2.33 bits per heavy atom. The predicted molar refractivity (Wildman–Crippen MR) is 114 cm³/mol. The van der Waals surface area contributed by atoms with Crippen LogP contribution in [0.4, 0.5) is 5.69 Å². The van der Waals surface area contributed by atoms with E-state index in [1.54, 1.807) is 11.8 Å². The number of thioether (sulfide) groups is 1. The Morgan fingerprint density at radius 1 is 1.07 bits per heavy atom. The van der Waals surface area contributed by atoms with Crippen molar-refractivity contribution in [2.45, 2.75) is 29.9 Å². The van der Waals surface area contributed by atoms with Gasteiger partial charge in [-0.3, -0.25) is 9.59 Å². The van der Waals surface area contributed by atoms with Gasteiger partial charge >= 0.3 is 0 Å². The first-order chi connectivity index (χ1) is 13.0. The maximum atomic E-state index is 12.7. The zero-order valence-corrected chi connectivity index (χ0v) is 17.6. The van der Waals surface area contributed by atoms with E-state index >= 15 is 0 Å². The lowest BCUT2D eigenvalue weighted by atomic mass is 9.95. The quantitative estimate of drug-likeness (QED) is 0.670. The summed E-state index contributed by atoms with van der Waals surface area (Å²) >= 11 is 5.00. The molecule has 1 N–H and O–H groups in total. The lowest BCUT2D eigenvalue weighted by molar-refractivity contribution is -0.133. The molecular weight excluding hydrogens is 424 g/mol. The highest BCUT2D eigenvalue weighted by atomic mass is 79.9. The van der Waals surface area contributed by atoms with Crippen molar-refractivity contribution in [1.29, 1.82) is 0 Å². The van der Waals surface area contributed by atoms with Crippen LogP contribution in [0, 0.1) is 5.92 Å². The minimum absolute atomic E-state index is 0.0383. The summed E-state index contributed by atoms with van der Waals surface area (Å²) in [6.07, 6.45) is 1.42. The molecule has 1 unspecified atom stereocenters. The third-order valence-corrected chi connectivity index (χ3v) is 6.32. The monoisotopic (exact) mass is 446 g/mol. The van der Waals surface area contributed by atoms with Crippen molar-refractivity contribution in [3.8, 4) is 0 Å². The molecule has 1 aliphatic rings. The van der Waals surface area contributed by atoms with Gasteiger partial charge in [0.1, 0.15) is 0 Å². The predicted octanol–water partition coefficient (Wildman–Crippen LogP) is 4.81. The second-order valence-corrected chi connectivity index (χ2v) is 9.00. The summed E-state index contributed by atoms with van der Waals surface area (Å²) in [5, 5.41) is 2.83. The standard InChI is InChI=1S/C21H23BrN2O2S/c1-15(27-19-9-7-17(22)8-10-19)21(26)24-13-11-16(12-14-24)20(25)23-18-5-3-2-4-6-18/h2-10,15-16H,11-14H2,1H3,(H,23,25). The Balaban J connectivity index is 1.48. The molecule has 2 aromatic carbocycles. The van der Waals surface area contributed by atoms with Crippen LogP contribution in [0.15, 0.2) is 64.0 Å². The second-order valence-electron chi connectivity index (χ2n) is 6.67. The van der Waals surface area contributed by atoms with Gasteiger partial charge in [-0.2, -0.15) is 0 Å². The molecule has 1 atom stereocenters. The zero-order chi connectivity index (χ0) is 19.2. The average Bonchev–Trinajstić information content (AvgIpc) is 2.70. The number of benzene rings is 2. The first-order valence-corrected chi connectivity index (χ1v) is 10.8. The van der Waals surface area contributed by atoms with Crippen LogP contribution in [-0.2, 0) is 9.59 Å². The van der Waals surface area contributed by atoms with E-state index in [-0.39, 0.29) is 23.0 Å². The van der Waals surface area contributed by atoms with Gasteiger partial charge in [0.05, 0.1) is 5.25 Å². The fourth-order valence-electron chi connectivity index (χ4n) is 3.15. The van der Waals surface area contributed by atoms with Crippen molar-refractivity contribution < 1.29 is 9.59 Å². The van der Waals surface area contributed by atoms with E-state index in [1.165, 1.54) is 0 Å². The van der Waals surface area contributed by atoms with Gasteiger partial charge in [-0.15, -0.1) is 11.8 Å². The van der Waals surface area contributed by atoms with Crippen molar-refractivity contribution in [3.63, 3.8) is 0 Å². The van der Waals surface area contributed by atoms with E-state index in [4.69, 9.17) is 0 Å². The molecule has 2 amide bonds. The summed E-state index contributed by atoms with van der Waals surface area (Å²) in [7, 11) is 0. The third-order valence-electron chi connectivity index (χ3n) is 4.69. The number of para-hydroxylation sites is 1. The highest BCUT2D eigenvalue weighted by Gasteiger charge is 2.29. The number of hydrogen-bond acceptors (Lipinski definition) is 3. The second kappa shape index (κ2) is 9.42. The lowest BCUT2D eigenvalue weighted by Gasteiger charge is -2.33. The molecule has 27 heavy (non-hydrogen) atoms. The molecule has 4 nitrogen and oxygen atoms in total. The molecule has 0 aromatic heterocycles. The van der Waals surface area contributed by atoms with Crippen molar-refractivity contribution in [2.75, 3.05) is 18.4 Å². The maximum Gasteiger partial charge on any atom is 0.235 e. The molecule has 1 fully saturated rings. The Hall–Kier alpha value is -1.79. The topological polar surface area (TPSA) is 49.4 Å². The number of nitrogens with zero attached hydrogens (tertiary/aromatic N) is 1. The van der Waals surface area contributed by atoms with E-state index in [0.717, 1.165) is 15.1 Å². The van der Waals surface area contributed by atoms with Gasteiger partial charge in [0.15, 0.2) is 0 Å². The summed E-state index contributed by atoms with van der Waals surface area (Å²) in [5.74, 6) is 0.152. The minimum atomic E-state index is -0.138. The molecule has 2 aromatic rings. The summed E-state index contributed by atoms with van der Waals surface area (Å²) in [4.78, 5) is 28.1. The largest absolute Gasteiger partial charge is 0.342 e. The number of nitrogens with one attached hydrogen (secondary N) is 1. The summed E-state index contributed by atoms with van der Waals surface area (Å²) in [5.41, 5.74) is 0.820. The number of rotatable bonds is 5. The number of likely N-dealkylation sites (tertiary alicyclic amines) is 1. The lowest BCUT2D eigenvalue weighted by Crippen LogP contribution is -2.44. The van der Waals surface area contributed by atoms with Gasteiger partial charge in [0.2, 0.25) is 11.8 Å². The molecule has 0 saturated carbocycles. The minimum Gasteiger partial charge on any atom is -0.342 e. The number of amides is 2. The molecule has 0 aliphatic carbocycles. The van der Waals surface area contributed by atoms with Gasteiger partial charge in [-0.05, 0) is 56.2 Å². The van der Waals surface area contributed by atoms with Crippen LogP contribution in [-0.4, -0.2) is 35.1 Å². The van der Waals surface area contributed by atoms with Gasteiger partial charge in [-0.1, -0.05) is 34.1 Å². The highest BCUT2D eigenvalue weighted by molar-refractivity contribution is 9.10. The van der Waals surface area contributed by atoms with E-state index in [1.807, 2.05) is 66.4 Å². The van der Waals surface area contributed by atoms with Crippen molar-refractivity contribution in [2.24, 2.45) is 5.92 Å². The Bertz CT molecular complexity index is 775. The van der Waals surface area contributed by atoms with Crippen LogP contribution in [0.1, 0.15) is 19.8 Å². The molecule has 1 saturated heterocycles. The molecular formula is C21H23BrN2O2S. The van der Waals surface area contributed by atoms with Crippen molar-refractivity contribution in [1.82, 2.24) is 4.90 Å². The summed E-state index contributed by atoms with van der Waals surface area (Å²) in [6.45, 7) is 3.22.